The van der Waals surface area contributed by atoms with Crippen molar-refractivity contribution in [2.75, 3.05) is 12.4 Å². The SMILES string of the molecule is COc1ccc(C(=O)Nc2sc3c(c2C(N)=O)CCCC3)cc1S(=O)(=O)NC1CCCC1. The molecule has 1 aromatic carbocycles. The molecule has 2 aliphatic rings. The number of benzene rings is 1. The van der Waals surface area contributed by atoms with Crippen LogP contribution in [-0.4, -0.2) is 33.4 Å². The lowest BCUT2D eigenvalue weighted by Crippen LogP contribution is -2.33. The minimum atomic E-state index is -3.87. The number of aryl methyl sites for hydroxylation is 1. The van der Waals surface area contributed by atoms with Crippen LogP contribution in [0.2, 0.25) is 0 Å². The number of hydrogen-bond acceptors (Lipinski definition) is 6. The highest BCUT2D eigenvalue weighted by molar-refractivity contribution is 7.89. The summed E-state index contributed by atoms with van der Waals surface area (Å²) in [6.45, 7) is 0. The van der Waals surface area contributed by atoms with Crippen molar-refractivity contribution < 1.29 is 22.7 Å². The van der Waals surface area contributed by atoms with Gasteiger partial charge >= 0.3 is 0 Å². The van der Waals surface area contributed by atoms with Crippen molar-refractivity contribution in [3.63, 3.8) is 0 Å². The van der Waals surface area contributed by atoms with E-state index < -0.39 is 21.8 Å². The summed E-state index contributed by atoms with van der Waals surface area (Å²) in [6, 6.07) is 4.16. The van der Waals surface area contributed by atoms with Gasteiger partial charge in [-0.15, -0.1) is 11.3 Å². The number of thiophene rings is 1. The summed E-state index contributed by atoms with van der Waals surface area (Å²) < 4.78 is 34.0. The predicted octanol–water partition coefficient (Wildman–Crippen LogP) is 3.21. The molecule has 0 bridgehead atoms. The summed E-state index contributed by atoms with van der Waals surface area (Å²) >= 11 is 1.36. The largest absolute Gasteiger partial charge is 0.495 e. The van der Waals surface area contributed by atoms with Gasteiger partial charge < -0.3 is 15.8 Å². The fourth-order valence-corrected chi connectivity index (χ4v) is 7.23. The quantitative estimate of drug-likeness (QED) is 0.564. The number of carbonyl (C=O) groups is 2. The Morgan fingerprint density at radius 2 is 1.84 bits per heavy atom. The van der Waals surface area contributed by atoms with E-state index in [0.717, 1.165) is 61.8 Å². The van der Waals surface area contributed by atoms with E-state index in [2.05, 4.69) is 10.0 Å². The van der Waals surface area contributed by atoms with Gasteiger partial charge in [0.25, 0.3) is 11.8 Å². The zero-order valence-corrected chi connectivity index (χ0v) is 19.5. The van der Waals surface area contributed by atoms with E-state index in [1.165, 1.54) is 36.6 Å². The lowest BCUT2D eigenvalue weighted by atomic mass is 9.95. The Morgan fingerprint density at radius 1 is 1.12 bits per heavy atom. The van der Waals surface area contributed by atoms with Crippen LogP contribution in [0.15, 0.2) is 23.1 Å². The fraction of sp³-hybridized carbons (Fsp3) is 0.455. The van der Waals surface area contributed by atoms with Gasteiger partial charge in [0, 0.05) is 16.5 Å². The zero-order valence-electron chi connectivity index (χ0n) is 17.9. The highest BCUT2D eigenvalue weighted by Crippen LogP contribution is 2.38. The highest BCUT2D eigenvalue weighted by atomic mass is 32.2. The molecule has 1 saturated carbocycles. The smallest absolute Gasteiger partial charge is 0.256 e. The van der Waals surface area contributed by atoms with Gasteiger partial charge in [-0.1, -0.05) is 12.8 Å². The maximum absolute atomic E-state index is 13.0. The van der Waals surface area contributed by atoms with Crippen LogP contribution in [0.4, 0.5) is 5.00 Å². The van der Waals surface area contributed by atoms with Crippen LogP contribution >= 0.6 is 11.3 Å². The molecule has 0 aliphatic heterocycles. The Kier molecular flexibility index (Phi) is 6.55. The molecular weight excluding hydrogens is 450 g/mol. The van der Waals surface area contributed by atoms with Crippen LogP contribution in [0.5, 0.6) is 5.75 Å². The number of fused-ring (bicyclic) bond motifs is 1. The molecule has 0 atom stereocenters. The van der Waals surface area contributed by atoms with Crippen LogP contribution in [-0.2, 0) is 22.9 Å². The summed E-state index contributed by atoms with van der Waals surface area (Å²) in [7, 11) is -2.48. The molecule has 172 valence electrons. The number of carbonyl (C=O) groups excluding carboxylic acids is 2. The average Bonchev–Trinajstić information content (AvgIpc) is 3.39. The van der Waals surface area contributed by atoms with E-state index in [9.17, 15) is 18.0 Å². The maximum Gasteiger partial charge on any atom is 0.256 e. The number of nitrogens with one attached hydrogen (secondary N) is 2. The minimum absolute atomic E-state index is 0.0832. The van der Waals surface area contributed by atoms with Gasteiger partial charge in [-0.2, -0.15) is 0 Å². The molecule has 2 aliphatic carbocycles. The number of ether oxygens (including phenoxy) is 1. The van der Waals surface area contributed by atoms with Gasteiger partial charge in [0.15, 0.2) is 0 Å². The Hall–Kier alpha value is -2.43. The van der Waals surface area contributed by atoms with Crippen molar-refractivity contribution in [2.45, 2.75) is 62.3 Å². The molecule has 2 aromatic rings. The van der Waals surface area contributed by atoms with Crippen LogP contribution in [0.1, 0.15) is 69.7 Å². The molecule has 2 amide bonds. The van der Waals surface area contributed by atoms with Crippen LogP contribution in [0.3, 0.4) is 0 Å². The van der Waals surface area contributed by atoms with Gasteiger partial charge in [0.05, 0.1) is 12.7 Å². The summed E-state index contributed by atoms with van der Waals surface area (Å²) in [6.07, 6.45) is 7.18. The lowest BCUT2D eigenvalue weighted by Gasteiger charge is -2.16. The third-order valence-corrected chi connectivity index (χ3v) is 8.79. The molecule has 1 heterocycles. The van der Waals surface area contributed by atoms with Crippen molar-refractivity contribution in [2.24, 2.45) is 5.73 Å². The predicted molar refractivity (Wildman–Crippen MR) is 123 cm³/mol. The van der Waals surface area contributed by atoms with Gasteiger partial charge in [0.1, 0.15) is 15.6 Å². The van der Waals surface area contributed by atoms with E-state index >= 15 is 0 Å². The van der Waals surface area contributed by atoms with Crippen LogP contribution in [0, 0.1) is 0 Å². The van der Waals surface area contributed by atoms with E-state index in [4.69, 9.17) is 10.5 Å². The standard InChI is InChI=1S/C22H27N3O5S2/c1-30-16-11-10-13(12-18(16)32(28,29)25-14-6-2-3-7-14)21(27)24-22-19(20(23)26)15-8-4-5-9-17(15)31-22/h10-12,14,25H,2-9H2,1H3,(H2,23,26)(H,24,27). The maximum atomic E-state index is 13.0. The van der Waals surface area contributed by atoms with Crippen molar-refractivity contribution in [1.82, 2.24) is 4.72 Å². The Labute approximate surface area is 191 Å². The second-order valence-electron chi connectivity index (χ2n) is 8.20. The first kappa shape index (κ1) is 22.8. The number of primary amides is 1. The average molecular weight is 478 g/mol. The van der Waals surface area contributed by atoms with E-state index in [1.54, 1.807) is 0 Å². The number of hydrogen-bond donors (Lipinski definition) is 3. The first-order chi connectivity index (χ1) is 15.3. The zero-order chi connectivity index (χ0) is 22.9. The number of sulfonamides is 1. The number of methoxy groups -OCH3 is 1. The second kappa shape index (κ2) is 9.21. The molecule has 8 nitrogen and oxygen atoms in total. The second-order valence-corrected chi connectivity index (χ2v) is 11.0. The van der Waals surface area contributed by atoms with E-state index in [0.29, 0.717) is 10.6 Å². The molecule has 0 spiro atoms. The Morgan fingerprint density at radius 3 is 2.53 bits per heavy atom. The summed E-state index contributed by atoms with van der Waals surface area (Å²) in [5, 5.41) is 3.19. The first-order valence-electron chi connectivity index (χ1n) is 10.8. The fourth-order valence-electron chi connectivity index (χ4n) is 4.44. The van der Waals surface area contributed by atoms with Gasteiger partial charge in [-0.05, 0) is 62.3 Å². The summed E-state index contributed by atoms with van der Waals surface area (Å²) in [4.78, 5) is 26.1. The molecular formula is C22H27N3O5S2. The normalized spacial score (nSPS) is 16.5. The molecule has 32 heavy (non-hydrogen) atoms. The van der Waals surface area contributed by atoms with Crippen molar-refractivity contribution >= 4 is 38.2 Å². The third kappa shape index (κ3) is 4.53. The van der Waals surface area contributed by atoms with Crippen molar-refractivity contribution in [3.05, 3.63) is 39.8 Å². The molecule has 4 N–H and O–H groups in total. The first-order valence-corrected chi connectivity index (χ1v) is 13.1. The molecule has 4 rings (SSSR count). The molecule has 0 radical (unpaired) electrons. The molecule has 1 aromatic heterocycles. The Bertz CT molecular complexity index is 1150. The van der Waals surface area contributed by atoms with E-state index in [1.807, 2.05) is 0 Å². The third-order valence-electron chi connectivity index (χ3n) is 6.04. The summed E-state index contributed by atoms with van der Waals surface area (Å²) in [5.41, 5.74) is 7.04. The van der Waals surface area contributed by atoms with Crippen LogP contribution in [0.25, 0.3) is 0 Å². The van der Waals surface area contributed by atoms with Crippen LogP contribution < -0.4 is 20.5 Å². The lowest BCUT2D eigenvalue weighted by molar-refractivity contribution is 0.100. The molecule has 0 saturated heterocycles. The molecule has 0 unspecified atom stereocenters. The molecule has 10 heteroatoms. The van der Waals surface area contributed by atoms with Gasteiger partial charge in [0.2, 0.25) is 10.0 Å². The van der Waals surface area contributed by atoms with Gasteiger partial charge in [-0.25, -0.2) is 13.1 Å². The van der Waals surface area contributed by atoms with Crippen molar-refractivity contribution in [1.29, 1.82) is 0 Å². The number of amides is 2. The minimum Gasteiger partial charge on any atom is -0.495 e. The number of anilines is 1. The monoisotopic (exact) mass is 477 g/mol. The number of rotatable bonds is 7. The van der Waals surface area contributed by atoms with E-state index in [-0.39, 0.29) is 22.3 Å². The summed E-state index contributed by atoms with van der Waals surface area (Å²) in [5.74, 6) is -0.916. The Balaban J connectivity index is 1.63. The topological polar surface area (TPSA) is 128 Å². The van der Waals surface area contributed by atoms with Gasteiger partial charge in [-0.3, -0.25) is 9.59 Å². The highest BCUT2D eigenvalue weighted by Gasteiger charge is 2.28. The molecule has 1 fully saturated rings. The number of nitrogens with two attached hydrogens (primary N) is 1. The van der Waals surface area contributed by atoms with Crippen molar-refractivity contribution in [3.8, 4) is 5.75 Å².